The minimum Gasteiger partial charge on any atom is -0.396 e. The maximum absolute atomic E-state index is 9.24. The number of nitrogens with zero attached hydrogens (tertiary/aromatic N) is 1. The molecule has 17 heavy (non-hydrogen) atoms. The molecule has 0 aliphatic rings. The predicted octanol–water partition coefficient (Wildman–Crippen LogP) is 2.64. The number of aromatic amines is 1. The Labute approximate surface area is 102 Å². The fourth-order valence-corrected chi connectivity index (χ4v) is 1.78. The molecule has 0 amide bonds. The molecule has 0 fully saturated rings. The van der Waals surface area contributed by atoms with Gasteiger partial charge in [0, 0.05) is 17.9 Å². The van der Waals surface area contributed by atoms with E-state index in [1.165, 1.54) is 0 Å². The SMILES string of the molecule is CC(C)(CO)Cc1cc(-c2ccccc2)n[nH]1. The Kier molecular flexibility index (Phi) is 3.29. The van der Waals surface area contributed by atoms with Gasteiger partial charge in [-0.25, -0.2) is 0 Å². The molecule has 0 aliphatic heterocycles. The molecule has 3 nitrogen and oxygen atoms in total. The molecule has 1 aromatic heterocycles. The molecular weight excluding hydrogens is 212 g/mol. The average molecular weight is 230 g/mol. The predicted molar refractivity (Wildman–Crippen MR) is 68.6 cm³/mol. The molecule has 1 aromatic carbocycles. The Morgan fingerprint density at radius 3 is 2.59 bits per heavy atom. The van der Waals surface area contributed by atoms with Crippen molar-refractivity contribution in [3.05, 3.63) is 42.1 Å². The van der Waals surface area contributed by atoms with E-state index in [-0.39, 0.29) is 12.0 Å². The number of aromatic nitrogens is 2. The monoisotopic (exact) mass is 230 g/mol. The van der Waals surface area contributed by atoms with Gasteiger partial charge in [-0.05, 0) is 17.9 Å². The Bertz CT molecular complexity index is 474. The molecule has 3 heteroatoms. The van der Waals surface area contributed by atoms with Crippen molar-refractivity contribution < 1.29 is 5.11 Å². The summed E-state index contributed by atoms with van der Waals surface area (Å²) < 4.78 is 0. The fraction of sp³-hybridized carbons (Fsp3) is 0.357. The third-order valence-corrected chi connectivity index (χ3v) is 2.80. The second-order valence-corrected chi connectivity index (χ2v) is 5.14. The summed E-state index contributed by atoms with van der Waals surface area (Å²) in [7, 11) is 0. The van der Waals surface area contributed by atoms with Gasteiger partial charge < -0.3 is 5.11 Å². The summed E-state index contributed by atoms with van der Waals surface area (Å²) in [5.74, 6) is 0. The first-order valence-electron chi connectivity index (χ1n) is 5.81. The van der Waals surface area contributed by atoms with Crippen LogP contribution in [0.2, 0.25) is 0 Å². The molecule has 2 N–H and O–H groups in total. The van der Waals surface area contributed by atoms with Gasteiger partial charge in [-0.3, -0.25) is 5.10 Å². The fourth-order valence-electron chi connectivity index (χ4n) is 1.78. The number of rotatable bonds is 4. The molecule has 0 aliphatic carbocycles. The number of hydrogen-bond donors (Lipinski definition) is 2. The molecule has 0 saturated carbocycles. The Hall–Kier alpha value is -1.61. The van der Waals surface area contributed by atoms with Gasteiger partial charge in [-0.1, -0.05) is 44.2 Å². The molecule has 2 aromatic rings. The molecule has 0 spiro atoms. The van der Waals surface area contributed by atoms with Crippen molar-refractivity contribution in [3.8, 4) is 11.3 Å². The highest BCUT2D eigenvalue weighted by Gasteiger charge is 2.18. The van der Waals surface area contributed by atoms with Gasteiger partial charge in [-0.2, -0.15) is 5.10 Å². The molecule has 0 bridgehead atoms. The van der Waals surface area contributed by atoms with Crippen LogP contribution in [0, 0.1) is 5.41 Å². The van der Waals surface area contributed by atoms with Crippen molar-refractivity contribution in [2.45, 2.75) is 20.3 Å². The zero-order chi connectivity index (χ0) is 12.3. The van der Waals surface area contributed by atoms with Crippen molar-refractivity contribution >= 4 is 0 Å². The highest BCUT2D eigenvalue weighted by Crippen LogP contribution is 2.23. The van der Waals surface area contributed by atoms with Gasteiger partial charge in [0.15, 0.2) is 0 Å². The molecule has 0 saturated heterocycles. The van der Waals surface area contributed by atoms with E-state index in [2.05, 4.69) is 10.2 Å². The minimum absolute atomic E-state index is 0.111. The zero-order valence-electron chi connectivity index (χ0n) is 10.3. The highest BCUT2D eigenvalue weighted by molar-refractivity contribution is 5.58. The van der Waals surface area contributed by atoms with Crippen molar-refractivity contribution in [2.24, 2.45) is 5.41 Å². The van der Waals surface area contributed by atoms with Crippen LogP contribution >= 0.6 is 0 Å². The van der Waals surface area contributed by atoms with E-state index in [4.69, 9.17) is 0 Å². The molecule has 0 atom stereocenters. The Balaban J connectivity index is 2.17. The molecule has 90 valence electrons. The largest absolute Gasteiger partial charge is 0.396 e. The van der Waals surface area contributed by atoms with Crippen LogP contribution in [0.5, 0.6) is 0 Å². The number of aliphatic hydroxyl groups excluding tert-OH is 1. The Morgan fingerprint density at radius 1 is 1.24 bits per heavy atom. The standard InChI is InChI=1S/C14H18N2O/c1-14(2,10-17)9-12-8-13(16-15-12)11-6-4-3-5-7-11/h3-8,17H,9-10H2,1-2H3,(H,15,16). The van der Waals surface area contributed by atoms with Crippen LogP contribution in [0.25, 0.3) is 11.3 Å². The number of aliphatic hydroxyl groups is 1. The number of benzene rings is 1. The third-order valence-electron chi connectivity index (χ3n) is 2.80. The van der Waals surface area contributed by atoms with Crippen LogP contribution in [0.1, 0.15) is 19.5 Å². The molecule has 0 radical (unpaired) electrons. The summed E-state index contributed by atoms with van der Waals surface area (Å²) in [6, 6.07) is 12.1. The van der Waals surface area contributed by atoms with Gasteiger partial charge in [0.1, 0.15) is 0 Å². The minimum atomic E-state index is -0.111. The highest BCUT2D eigenvalue weighted by atomic mass is 16.3. The summed E-state index contributed by atoms with van der Waals surface area (Å²) in [6.45, 7) is 4.25. The van der Waals surface area contributed by atoms with Crippen LogP contribution in [-0.4, -0.2) is 21.9 Å². The molecule has 1 heterocycles. The summed E-state index contributed by atoms with van der Waals surface area (Å²) >= 11 is 0. The van der Waals surface area contributed by atoms with E-state index >= 15 is 0 Å². The number of hydrogen-bond acceptors (Lipinski definition) is 2. The van der Waals surface area contributed by atoms with Crippen molar-refractivity contribution in [3.63, 3.8) is 0 Å². The summed E-state index contributed by atoms with van der Waals surface area (Å²) in [5.41, 5.74) is 3.01. The van der Waals surface area contributed by atoms with Crippen LogP contribution in [0.4, 0.5) is 0 Å². The molecular formula is C14H18N2O. The van der Waals surface area contributed by atoms with Gasteiger partial charge in [0.05, 0.1) is 5.69 Å². The first kappa shape index (κ1) is 11.9. The van der Waals surface area contributed by atoms with Crippen LogP contribution < -0.4 is 0 Å². The van der Waals surface area contributed by atoms with Gasteiger partial charge in [0.25, 0.3) is 0 Å². The Morgan fingerprint density at radius 2 is 1.94 bits per heavy atom. The van der Waals surface area contributed by atoms with Crippen LogP contribution in [0.15, 0.2) is 36.4 Å². The maximum Gasteiger partial charge on any atom is 0.0923 e. The lowest BCUT2D eigenvalue weighted by molar-refractivity contribution is 0.158. The lowest BCUT2D eigenvalue weighted by Gasteiger charge is -2.19. The summed E-state index contributed by atoms with van der Waals surface area (Å²) in [6.07, 6.45) is 0.795. The normalized spacial score (nSPS) is 11.7. The van der Waals surface area contributed by atoms with Gasteiger partial charge >= 0.3 is 0 Å². The van der Waals surface area contributed by atoms with Crippen molar-refractivity contribution in [1.82, 2.24) is 10.2 Å². The lowest BCUT2D eigenvalue weighted by atomic mass is 9.89. The quantitative estimate of drug-likeness (QED) is 0.848. The van der Waals surface area contributed by atoms with E-state index in [0.717, 1.165) is 23.4 Å². The zero-order valence-corrected chi connectivity index (χ0v) is 10.3. The lowest BCUT2D eigenvalue weighted by Crippen LogP contribution is -2.19. The summed E-state index contributed by atoms with van der Waals surface area (Å²) in [4.78, 5) is 0. The van der Waals surface area contributed by atoms with E-state index in [0.29, 0.717) is 0 Å². The average Bonchev–Trinajstić information content (AvgIpc) is 2.78. The third kappa shape index (κ3) is 2.94. The van der Waals surface area contributed by atoms with Crippen LogP contribution in [0.3, 0.4) is 0 Å². The molecule has 0 unspecified atom stereocenters. The molecule has 2 rings (SSSR count). The number of nitrogens with one attached hydrogen (secondary N) is 1. The maximum atomic E-state index is 9.24. The summed E-state index contributed by atoms with van der Waals surface area (Å²) in [5, 5.41) is 16.6. The number of H-pyrrole nitrogens is 1. The second-order valence-electron chi connectivity index (χ2n) is 5.14. The smallest absolute Gasteiger partial charge is 0.0923 e. The first-order chi connectivity index (χ1) is 8.11. The van der Waals surface area contributed by atoms with Crippen molar-refractivity contribution in [1.29, 1.82) is 0 Å². The van der Waals surface area contributed by atoms with Crippen LogP contribution in [-0.2, 0) is 6.42 Å². The van der Waals surface area contributed by atoms with E-state index < -0.39 is 0 Å². The van der Waals surface area contributed by atoms with E-state index in [1.807, 2.05) is 50.2 Å². The topological polar surface area (TPSA) is 48.9 Å². The first-order valence-corrected chi connectivity index (χ1v) is 5.81. The van der Waals surface area contributed by atoms with Crippen molar-refractivity contribution in [2.75, 3.05) is 6.61 Å². The van der Waals surface area contributed by atoms with E-state index in [1.54, 1.807) is 0 Å². The second kappa shape index (κ2) is 4.72. The van der Waals surface area contributed by atoms with Gasteiger partial charge in [-0.15, -0.1) is 0 Å². The van der Waals surface area contributed by atoms with E-state index in [9.17, 15) is 5.11 Å². The van der Waals surface area contributed by atoms with Gasteiger partial charge in [0.2, 0.25) is 0 Å².